The normalized spacial score (nSPS) is 12.9. The Morgan fingerprint density at radius 3 is 1.71 bits per heavy atom. The molecule has 120 valence electrons. The van der Waals surface area contributed by atoms with E-state index < -0.39 is 20.6 Å². The topological polar surface area (TPSA) is 115 Å². The highest BCUT2D eigenvalue weighted by atomic mass is 31.2. The third kappa shape index (κ3) is 6.43. The summed E-state index contributed by atoms with van der Waals surface area (Å²) in [5, 5.41) is -1.90. The zero-order valence-corrected chi connectivity index (χ0v) is 13.7. The molecule has 21 heavy (non-hydrogen) atoms. The molecule has 1 rings (SSSR count). The number of rotatable bonds is 8. The van der Waals surface area contributed by atoms with Crippen LogP contribution in [0.1, 0.15) is 37.3 Å². The molecular formula is C13H22O6P2. The van der Waals surface area contributed by atoms with Gasteiger partial charge in [-0.2, -0.15) is 0 Å². The van der Waals surface area contributed by atoms with E-state index in [1.807, 2.05) is 24.3 Å². The summed E-state index contributed by atoms with van der Waals surface area (Å²) in [5.41, 5.74) is 2.22. The Balaban J connectivity index is 2.58. The lowest BCUT2D eigenvalue weighted by molar-refractivity contribution is 0.334. The second-order valence-corrected chi connectivity index (χ2v) is 9.13. The zero-order valence-electron chi connectivity index (χ0n) is 11.9. The zero-order chi connectivity index (χ0) is 16.1. The summed E-state index contributed by atoms with van der Waals surface area (Å²) >= 11 is 0. The maximum absolute atomic E-state index is 11.1. The van der Waals surface area contributed by atoms with E-state index in [0.717, 1.165) is 18.4 Å². The molecule has 0 bridgehead atoms. The van der Waals surface area contributed by atoms with Gasteiger partial charge in [-0.1, -0.05) is 37.6 Å². The molecule has 1 aromatic rings. The van der Waals surface area contributed by atoms with Crippen LogP contribution in [0.25, 0.3) is 0 Å². The highest BCUT2D eigenvalue weighted by Crippen LogP contribution is 2.61. The minimum Gasteiger partial charge on any atom is -0.324 e. The molecule has 0 aliphatic carbocycles. The molecule has 4 N–H and O–H groups in total. The molecule has 0 aliphatic heterocycles. The van der Waals surface area contributed by atoms with Crippen LogP contribution < -0.4 is 0 Å². The van der Waals surface area contributed by atoms with Gasteiger partial charge in [0.25, 0.3) is 0 Å². The first-order valence-corrected chi connectivity index (χ1v) is 10.2. The van der Waals surface area contributed by atoms with Crippen LogP contribution in [0.4, 0.5) is 0 Å². The van der Waals surface area contributed by atoms with Gasteiger partial charge >= 0.3 is 15.2 Å². The molecule has 0 saturated heterocycles. The predicted octanol–water partition coefficient (Wildman–Crippen LogP) is 2.64. The van der Waals surface area contributed by atoms with Crippen LogP contribution in [0.5, 0.6) is 0 Å². The van der Waals surface area contributed by atoms with Crippen molar-refractivity contribution in [1.82, 2.24) is 0 Å². The van der Waals surface area contributed by atoms with Crippen LogP contribution in [0.15, 0.2) is 24.3 Å². The summed E-state index contributed by atoms with van der Waals surface area (Å²) in [6.07, 6.45) is 2.70. The minimum absolute atomic E-state index is 0.203. The van der Waals surface area contributed by atoms with Crippen molar-refractivity contribution < 1.29 is 28.7 Å². The number of hydrogen-bond donors (Lipinski definition) is 4. The lowest BCUT2D eigenvalue weighted by atomic mass is 10.0. The van der Waals surface area contributed by atoms with E-state index in [1.54, 1.807) is 0 Å². The number of benzene rings is 1. The standard InChI is InChI=1S/C13H22O6P2/c1-2-4-11-7-9-12(10-8-11)5-3-6-13(20(14,15)16)21(17,18)19/h7-10,13H,2-6H2,1H3,(H2,14,15,16)(H2,17,18,19). The van der Waals surface area contributed by atoms with Crippen LogP contribution in [0.3, 0.4) is 0 Å². The quantitative estimate of drug-likeness (QED) is 0.543. The van der Waals surface area contributed by atoms with Gasteiger partial charge in [-0.25, -0.2) is 0 Å². The van der Waals surface area contributed by atoms with Gasteiger partial charge in [-0.15, -0.1) is 0 Å². The molecule has 0 aromatic heterocycles. The fourth-order valence-corrected chi connectivity index (χ4v) is 4.79. The van der Waals surface area contributed by atoms with Crippen molar-refractivity contribution in [3.05, 3.63) is 35.4 Å². The molecule has 0 fully saturated rings. The molecule has 0 spiro atoms. The maximum atomic E-state index is 11.1. The van der Waals surface area contributed by atoms with Gasteiger partial charge in [-0.3, -0.25) is 9.13 Å². The molecule has 0 atom stereocenters. The Kier molecular flexibility index (Phi) is 6.79. The van der Waals surface area contributed by atoms with Crippen molar-refractivity contribution >= 4 is 15.2 Å². The van der Waals surface area contributed by atoms with Gasteiger partial charge in [0.2, 0.25) is 0 Å². The Morgan fingerprint density at radius 2 is 1.33 bits per heavy atom. The number of aryl methyl sites for hydroxylation is 2. The van der Waals surface area contributed by atoms with E-state index >= 15 is 0 Å². The van der Waals surface area contributed by atoms with Crippen molar-refractivity contribution in [2.75, 3.05) is 0 Å². The van der Waals surface area contributed by atoms with Crippen LogP contribution in [0, 0.1) is 0 Å². The smallest absolute Gasteiger partial charge is 0.324 e. The third-order valence-electron chi connectivity index (χ3n) is 3.27. The largest absolute Gasteiger partial charge is 0.340 e. The molecule has 0 heterocycles. The Labute approximate surface area is 124 Å². The molecule has 0 amide bonds. The summed E-state index contributed by atoms with van der Waals surface area (Å²) in [6.45, 7) is 2.10. The lowest BCUT2D eigenvalue weighted by Gasteiger charge is -2.19. The van der Waals surface area contributed by atoms with E-state index in [0.29, 0.717) is 12.8 Å². The van der Waals surface area contributed by atoms with Gasteiger partial charge in [0.05, 0.1) is 0 Å². The fraction of sp³-hybridized carbons (Fsp3) is 0.538. The van der Waals surface area contributed by atoms with Gasteiger partial charge in [0.1, 0.15) is 0 Å². The van der Waals surface area contributed by atoms with E-state index in [2.05, 4.69) is 6.92 Å². The first-order chi connectivity index (χ1) is 9.64. The first-order valence-electron chi connectivity index (χ1n) is 6.83. The van der Waals surface area contributed by atoms with Crippen molar-refractivity contribution in [2.24, 2.45) is 0 Å². The summed E-state index contributed by atoms with van der Waals surface area (Å²) in [7, 11) is -9.60. The Bertz CT molecular complexity index is 508. The monoisotopic (exact) mass is 336 g/mol. The SMILES string of the molecule is CCCc1ccc(CCCC(P(=O)(O)O)P(=O)(O)O)cc1. The van der Waals surface area contributed by atoms with Crippen molar-refractivity contribution in [1.29, 1.82) is 0 Å². The predicted molar refractivity (Wildman–Crippen MR) is 81.3 cm³/mol. The highest BCUT2D eigenvalue weighted by Gasteiger charge is 2.42. The van der Waals surface area contributed by atoms with Crippen molar-refractivity contribution in [3.8, 4) is 0 Å². The molecule has 0 unspecified atom stereocenters. The van der Waals surface area contributed by atoms with Gasteiger partial charge in [0.15, 0.2) is 5.40 Å². The first kappa shape index (κ1) is 18.6. The molecule has 1 aromatic carbocycles. The second kappa shape index (κ2) is 7.68. The second-order valence-electron chi connectivity index (χ2n) is 5.12. The maximum Gasteiger partial charge on any atom is 0.340 e. The minimum atomic E-state index is -4.80. The van der Waals surface area contributed by atoms with Crippen molar-refractivity contribution in [3.63, 3.8) is 0 Å². The summed E-state index contributed by atoms with van der Waals surface area (Å²) in [4.78, 5) is 36.1. The van der Waals surface area contributed by atoms with Gasteiger partial charge < -0.3 is 19.6 Å². The molecule has 8 heteroatoms. The summed E-state index contributed by atoms with van der Waals surface area (Å²) in [5.74, 6) is 0. The summed E-state index contributed by atoms with van der Waals surface area (Å²) < 4.78 is 22.3. The molecule has 6 nitrogen and oxygen atoms in total. The Hall–Kier alpha value is -0.480. The van der Waals surface area contributed by atoms with Gasteiger partial charge in [0, 0.05) is 0 Å². The van der Waals surface area contributed by atoms with Crippen LogP contribution in [-0.4, -0.2) is 25.0 Å². The van der Waals surface area contributed by atoms with E-state index in [4.69, 9.17) is 19.6 Å². The molecule has 0 saturated carbocycles. The van der Waals surface area contributed by atoms with E-state index in [9.17, 15) is 9.13 Å². The summed E-state index contributed by atoms with van der Waals surface area (Å²) in [6, 6.07) is 7.88. The number of hydrogen-bond acceptors (Lipinski definition) is 2. The molecule has 0 radical (unpaired) electrons. The molecule has 0 aliphatic rings. The van der Waals surface area contributed by atoms with Crippen LogP contribution in [-0.2, 0) is 22.0 Å². The van der Waals surface area contributed by atoms with E-state index in [-0.39, 0.29) is 6.42 Å². The average molecular weight is 336 g/mol. The Morgan fingerprint density at radius 1 is 0.905 bits per heavy atom. The van der Waals surface area contributed by atoms with Crippen LogP contribution in [0.2, 0.25) is 0 Å². The highest BCUT2D eigenvalue weighted by molar-refractivity contribution is 7.70. The fourth-order valence-electron chi connectivity index (χ4n) is 2.18. The van der Waals surface area contributed by atoms with Crippen molar-refractivity contribution in [2.45, 2.75) is 44.4 Å². The van der Waals surface area contributed by atoms with E-state index in [1.165, 1.54) is 5.56 Å². The molecular weight excluding hydrogens is 314 g/mol. The van der Waals surface area contributed by atoms with Gasteiger partial charge in [-0.05, 0) is 36.8 Å². The third-order valence-corrected chi connectivity index (χ3v) is 7.14. The lowest BCUT2D eigenvalue weighted by Crippen LogP contribution is -2.09. The average Bonchev–Trinajstić information content (AvgIpc) is 2.34. The van der Waals surface area contributed by atoms with Crippen LogP contribution >= 0.6 is 15.2 Å².